The van der Waals surface area contributed by atoms with E-state index >= 15 is 0 Å². The number of halogens is 1. The molecular formula is C20H16ClN3O. The minimum atomic E-state index is 0.00480. The number of carbonyl (C=O) groups is 1. The van der Waals surface area contributed by atoms with Gasteiger partial charge in [-0.05, 0) is 23.3 Å². The molecule has 0 N–H and O–H groups in total. The van der Waals surface area contributed by atoms with Crippen LogP contribution in [0.5, 0.6) is 0 Å². The van der Waals surface area contributed by atoms with Crippen LogP contribution in [0.4, 0.5) is 0 Å². The van der Waals surface area contributed by atoms with Crippen molar-refractivity contribution in [2.24, 2.45) is 0 Å². The molecule has 0 atom stereocenters. The van der Waals surface area contributed by atoms with Gasteiger partial charge in [-0.2, -0.15) is 0 Å². The fourth-order valence-corrected chi connectivity index (χ4v) is 3.31. The summed E-state index contributed by atoms with van der Waals surface area (Å²) in [6, 6.07) is 17.8. The lowest BCUT2D eigenvalue weighted by atomic mass is 10.0. The highest BCUT2D eigenvalue weighted by Crippen LogP contribution is 2.25. The number of hydrogen-bond acceptors (Lipinski definition) is 3. The molecular weight excluding hydrogens is 334 g/mol. The molecule has 0 saturated heterocycles. The highest BCUT2D eigenvalue weighted by molar-refractivity contribution is 6.30. The zero-order valence-corrected chi connectivity index (χ0v) is 14.3. The van der Waals surface area contributed by atoms with Gasteiger partial charge >= 0.3 is 0 Å². The fraction of sp³-hybridized carbons (Fsp3) is 0.150. The van der Waals surface area contributed by atoms with Gasteiger partial charge in [0.15, 0.2) is 0 Å². The third-order valence-corrected chi connectivity index (χ3v) is 4.80. The van der Waals surface area contributed by atoms with Gasteiger partial charge in [0, 0.05) is 24.1 Å². The molecule has 25 heavy (non-hydrogen) atoms. The van der Waals surface area contributed by atoms with E-state index < -0.39 is 0 Å². The number of benzene rings is 2. The second-order valence-corrected chi connectivity index (χ2v) is 6.37. The number of rotatable bonds is 2. The first-order valence-electron chi connectivity index (χ1n) is 8.15. The summed E-state index contributed by atoms with van der Waals surface area (Å²) in [6.45, 7) is 1.09. The van der Waals surface area contributed by atoms with E-state index in [1.165, 1.54) is 6.33 Å². The highest BCUT2D eigenvalue weighted by atomic mass is 35.5. The van der Waals surface area contributed by atoms with E-state index in [1.807, 2.05) is 42.5 Å². The van der Waals surface area contributed by atoms with Gasteiger partial charge in [-0.15, -0.1) is 0 Å². The number of fused-ring (bicyclic) bond motifs is 1. The van der Waals surface area contributed by atoms with Crippen LogP contribution in [0.2, 0.25) is 5.15 Å². The lowest BCUT2D eigenvalue weighted by Gasteiger charge is -2.28. The second-order valence-electron chi connectivity index (χ2n) is 6.01. The van der Waals surface area contributed by atoms with Crippen LogP contribution in [0.3, 0.4) is 0 Å². The molecule has 0 spiro atoms. The van der Waals surface area contributed by atoms with Gasteiger partial charge in [0.2, 0.25) is 0 Å². The summed E-state index contributed by atoms with van der Waals surface area (Å²) in [4.78, 5) is 22.9. The second kappa shape index (κ2) is 6.65. The highest BCUT2D eigenvalue weighted by Gasteiger charge is 2.24. The van der Waals surface area contributed by atoms with E-state index in [-0.39, 0.29) is 5.91 Å². The minimum absolute atomic E-state index is 0.00480. The maximum Gasteiger partial charge on any atom is 0.254 e. The normalized spacial score (nSPS) is 13.4. The zero-order valence-electron chi connectivity index (χ0n) is 13.5. The number of hydrogen-bond donors (Lipinski definition) is 0. The number of carbonyl (C=O) groups excluding carboxylic acids is 1. The van der Waals surface area contributed by atoms with Crippen LogP contribution in [0.1, 0.15) is 21.6 Å². The van der Waals surface area contributed by atoms with Crippen LogP contribution in [-0.2, 0) is 13.0 Å². The fourth-order valence-electron chi connectivity index (χ4n) is 3.10. The lowest BCUT2D eigenvalue weighted by Crippen LogP contribution is -2.36. The van der Waals surface area contributed by atoms with Crippen molar-refractivity contribution in [2.45, 2.75) is 13.0 Å². The molecule has 4 rings (SSSR count). The molecule has 124 valence electrons. The minimum Gasteiger partial charge on any atom is -0.334 e. The maximum atomic E-state index is 12.8. The van der Waals surface area contributed by atoms with Crippen molar-refractivity contribution in [3.8, 4) is 11.1 Å². The first kappa shape index (κ1) is 15.8. The molecule has 0 unspecified atom stereocenters. The van der Waals surface area contributed by atoms with Gasteiger partial charge in [-0.1, -0.05) is 54.1 Å². The van der Waals surface area contributed by atoms with Crippen molar-refractivity contribution in [2.75, 3.05) is 6.54 Å². The summed E-state index contributed by atoms with van der Waals surface area (Å²) >= 11 is 6.16. The molecule has 0 aliphatic carbocycles. The molecule has 1 amide bonds. The summed E-state index contributed by atoms with van der Waals surface area (Å²) in [6.07, 6.45) is 2.17. The molecule has 4 nitrogen and oxygen atoms in total. The Morgan fingerprint density at radius 2 is 1.68 bits per heavy atom. The Bertz CT molecular complexity index is 910. The average molecular weight is 350 g/mol. The van der Waals surface area contributed by atoms with Crippen LogP contribution in [0.25, 0.3) is 11.1 Å². The van der Waals surface area contributed by atoms with Crippen molar-refractivity contribution in [1.82, 2.24) is 14.9 Å². The van der Waals surface area contributed by atoms with Crippen LogP contribution in [0, 0.1) is 0 Å². The third-order valence-electron chi connectivity index (χ3n) is 4.48. The molecule has 0 radical (unpaired) electrons. The van der Waals surface area contributed by atoms with Gasteiger partial charge in [-0.25, -0.2) is 9.97 Å². The van der Waals surface area contributed by atoms with Crippen LogP contribution < -0.4 is 0 Å². The van der Waals surface area contributed by atoms with Gasteiger partial charge in [-0.3, -0.25) is 4.79 Å². The van der Waals surface area contributed by atoms with Crippen LogP contribution >= 0.6 is 11.6 Å². The monoisotopic (exact) mass is 349 g/mol. The molecule has 0 fully saturated rings. The predicted molar refractivity (Wildman–Crippen MR) is 97.4 cm³/mol. The molecule has 1 aromatic heterocycles. The first-order chi connectivity index (χ1) is 12.2. The van der Waals surface area contributed by atoms with Gasteiger partial charge in [0.25, 0.3) is 5.91 Å². The quantitative estimate of drug-likeness (QED) is 0.657. The summed E-state index contributed by atoms with van der Waals surface area (Å²) in [7, 11) is 0. The Labute approximate surface area is 151 Å². The summed E-state index contributed by atoms with van der Waals surface area (Å²) < 4.78 is 0. The lowest BCUT2D eigenvalue weighted by molar-refractivity contribution is 0.0733. The van der Waals surface area contributed by atoms with Crippen molar-refractivity contribution < 1.29 is 4.79 Å². The van der Waals surface area contributed by atoms with E-state index in [0.717, 1.165) is 22.4 Å². The molecule has 5 heteroatoms. The van der Waals surface area contributed by atoms with Gasteiger partial charge in [0.05, 0.1) is 12.2 Å². The van der Waals surface area contributed by atoms with E-state index in [1.54, 1.807) is 4.90 Å². The first-order valence-corrected chi connectivity index (χ1v) is 8.53. The molecule has 1 aliphatic heterocycles. The SMILES string of the molecule is O=C(c1ccc(-c2ccccc2)cc1)N1CCc2ncnc(Cl)c2C1. The molecule has 0 saturated carbocycles. The summed E-state index contributed by atoms with van der Waals surface area (Å²) in [5, 5.41) is 0.432. The number of aromatic nitrogens is 2. The molecule has 0 bridgehead atoms. The van der Waals surface area contributed by atoms with E-state index in [4.69, 9.17) is 11.6 Å². The Morgan fingerprint density at radius 3 is 2.44 bits per heavy atom. The molecule has 1 aliphatic rings. The van der Waals surface area contributed by atoms with E-state index in [9.17, 15) is 4.79 Å². The largest absolute Gasteiger partial charge is 0.334 e. The third kappa shape index (κ3) is 3.13. The van der Waals surface area contributed by atoms with Gasteiger partial charge in [0.1, 0.15) is 11.5 Å². The Morgan fingerprint density at radius 1 is 0.960 bits per heavy atom. The Balaban J connectivity index is 1.55. The van der Waals surface area contributed by atoms with Crippen LogP contribution in [0.15, 0.2) is 60.9 Å². The number of nitrogens with zero attached hydrogens (tertiary/aromatic N) is 3. The van der Waals surface area contributed by atoms with E-state index in [0.29, 0.717) is 30.2 Å². The molecule has 3 aromatic rings. The Kier molecular flexibility index (Phi) is 4.20. The predicted octanol–water partition coefficient (Wildman–Crippen LogP) is 4.00. The topological polar surface area (TPSA) is 46.1 Å². The van der Waals surface area contributed by atoms with Crippen molar-refractivity contribution in [1.29, 1.82) is 0 Å². The zero-order chi connectivity index (χ0) is 17.2. The van der Waals surface area contributed by atoms with Crippen molar-refractivity contribution in [3.05, 3.63) is 82.9 Å². The maximum absolute atomic E-state index is 12.8. The number of amides is 1. The van der Waals surface area contributed by atoms with Crippen LogP contribution in [-0.4, -0.2) is 27.3 Å². The summed E-state index contributed by atoms with van der Waals surface area (Å²) in [5.74, 6) is 0.00480. The van der Waals surface area contributed by atoms with Crippen molar-refractivity contribution in [3.63, 3.8) is 0 Å². The molecule has 2 aromatic carbocycles. The standard InChI is InChI=1S/C20H16ClN3O/c21-19-17-12-24(11-10-18(17)22-13-23-19)20(25)16-8-6-15(7-9-16)14-4-2-1-3-5-14/h1-9,13H,10-12H2. The van der Waals surface area contributed by atoms with E-state index in [2.05, 4.69) is 22.1 Å². The smallest absolute Gasteiger partial charge is 0.254 e. The van der Waals surface area contributed by atoms with Gasteiger partial charge < -0.3 is 4.90 Å². The van der Waals surface area contributed by atoms with Crippen molar-refractivity contribution >= 4 is 17.5 Å². The average Bonchev–Trinajstić information content (AvgIpc) is 2.68. The summed E-state index contributed by atoms with van der Waals surface area (Å²) in [5.41, 5.74) is 4.69. The molecule has 2 heterocycles. The Hall–Kier alpha value is -2.72.